The minimum Gasteiger partial charge on any atom is -0.458 e. The van der Waals surface area contributed by atoms with Gasteiger partial charge in [0.25, 0.3) is 5.56 Å². The average Bonchev–Trinajstić information content (AvgIpc) is 3.07. The van der Waals surface area contributed by atoms with Crippen LogP contribution in [0.3, 0.4) is 0 Å². The summed E-state index contributed by atoms with van der Waals surface area (Å²) in [5.41, 5.74) is 2.09. The normalized spacial score (nSPS) is 19.9. The molecule has 0 radical (unpaired) electrons. The molecule has 2 aromatic heterocycles. The molecule has 2 N–H and O–H groups in total. The van der Waals surface area contributed by atoms with Crippen molar-refractivity contribution in [2.45, 2.75) is 38.7 Å². The quantitative estimate of drug-likeness (QED) is 0.514. The Balaban J connectivity index is 1.79. The number of esters is 1. The van der Waals surface area contributed by atoms with Crippen LogP contribution in [0, 0.1) is 0 Å². The summed E-state index contributed by atoms with van der Waals surface area (Å²) in [5, 5.41) is 21.3. The molecule has 2 aliphatic rings. The van der Waals surface area contributed by atoms with Gasteiger partial charge in [0.05, 0.1) is 35.6 Å². The van der Waals surface area contributed by atoms with E-state index in [4.69, 9.17) is 9.72 Å². The van der Waals surface area contributed by atoms with E-state index in [0.29, 0.717) is 34.6 Å². The third-order valence-corrected chi connectivity index (χ3v) is 5.81. The van der Waals surface area contributed by atoms with Crippen LogP contribution in [-0.4, -0.2) is 25.7 Å². The predicted molar refractivity (Wildman–Crippen MR) is 100 cm³/mol. The molecule has 0 saturated heterocycles. The molecule has 0 aliphatic carbocycles. The number of cyclic esters (lactones) is 1. The fraction of sp³-hybridized carbons (Fsp3) is 0.286. The van der Waals surface area contributed by atoms with Crippen molar-refractivity contribution in [1.29, 1.82) is 0 Å². The van der Waals surface area contributed by atoms with Gasteiger partial charge in [-0.25, -0.2) is 9.78 Å². The van der Waals surface area contributed by atoms with Gasteiger partial charge in [0, 0.05) is 16.5 Å². The van der Waals surface area contributed by atoms with Gasteiger partial charge < -0.3 is 19.5 Å². The molecule has 7 heteroatoms. The summed E-state index contributed by atoms with van der Waals surface area (Å²) in [6.07, 6.45) is 0.111. The molecule has 0 bridgehead atoms. The number of benzene rings is 1. The van der Waals surface area contributed by atoms with Gasteiger partial charge in [0.1, 0.15) is 6.61 Å². The van der Waals surface area contributed by atoms with Crippen molar-refractivity contribution in [2.75, 3.05) is 0 Å². The number of aliphatic hydroxyl groups excluding tert-OH is 1. The minimum absolute atomic E-state index is 0.0953. The second kappa shape index (κ2) is 5.73. The maximum Gasteiger partial charge on any atom is 0.343 e. The predicted octanol–water partition coefficient (Wildman–Crippen LogP) is 1.57. The van der Waals surface area contributed by atoms with Crippen molar-refractivity contribution in [3.8, 4) is 11.4 Å². The molecule has 0 amide bonds. The van der Waals surface area contributed by atoms with Gasteiger partial charge in [0.2, 0.25) is 0 Å². The monoisotopic (exact) mass is 378 g/mol. The van der Waals surface area contributed by atoms with Gasteiger partial charge in [-0.3, -0.25) is 4.79 Å². The summed E-state index contributed by atoms with van der Waals surface area (Å²) in [5.74, 6) is -0.732. The number of hydrogen-bond donors (Lipinski definition) is 2. The number of ether oxygens (including phenoxy) is 1. The molecule has 28 heavy (non-hydrogen) atoms. The number of aromatic nitrogens is 2. The largest absolute Gasteiger partial charge is 0.458 e. The molecule has 0 fully saturated rings. The third kappa shape index (κ3) is 2.08. The first kappa shape index (κ1) is 17.1. The molecule has 1 atom stereocenters. The molecule has 142 valence electrons. The van der Waals surface area contributed by atoms with E-state index >= 15 is 0 Å². The zero-order valence-corrected chi connectivity index (χ0v) is 15.2. The van der Waals surface area contributed by atoms with Crippen molar-refractivity contribution in [3.05, 3.63) is 62.9 Å². The van der Waals surface area contributed by atoms with Crippen molar-refractivity contribution >= 4 is 16.9 Å². The maximum absolute atomic E-state index is 13.1. The van der Waals surface area contributed by atoms with E-state index in [1.807, 2.05) is 24.3 Å². The topological polar surface area (TPSA) is 102 Å². The first-order chi connectivity index (χ1) is 13.5. The van der Waals surface area contributed by atoms with E-state index in [1.165, 1.54) is 0 Å². The maximum atomic E-state index is 13.1. The summed E-state index contributed by atoms with van der Waals surface area (Å²) < 4.78 is 6.68. The number of fused-ring (bicyclic) bond motifs is 5. The lowest BCUT2D eigenvalue weighted by atomic mass is 9.86. The van der Waals surface area contributed by atoms with Crippen LogP contribution >= 0.6 is 0 Å². The Morgan fingerprint density at radius 3 is 2.86 bits per heavy atom. The van der Waals surface area contributed by atoms with Crippen LogP contribution < -0.4 is 5.56 Å². The van der Waals surface area contributed by atoms with Crippen LogP contribution in [0.25, 0.3) is 22.3 Å². The molecule has 1 aromatic carbocycles. The van der Waals surface area contributed by atoms with E-state index in [0.717, 1.165) is 16.5 Å². The number of hydrogen-bond acceptors (Lipinski definition) is 6. The van der Waals surface area contributed by atoms with E-state index in [-0.39, 0.29) is 25.2 Å². The smallest absolute Gasteiger partial charge is 0.343 e. The summed E-state index contributed by atoms with van der Waals surface area (Å²) in [4.78, 5) is 30.0. The van der Waals surface area contributed by atoms with Gasteiger partial charge >= 0.3 is 5.97 Å². The van der Waals surface area contributed by atoms with Gasteiger partial charge in [0.15, 0.2) is 5.60 Å². The fourth-order valence-corrected chi connectivity index (χ4v) is 4.20. The lowest BCUT2D eigenvalue weighted by molar-refractivity contribution is -0.172. The second-order valence-corrected chi connectivity index (χ2v) is 7.24. The number of carbonyl (C=O) groups is 1. The Labute approximate surface area is 159 Å². The summed E-state index contributed by atoms with van der Waals surface area (Å²) in [6, 6.07) is 9.17. The first-order valence-electron chi connectivity index (χ1n) is 9.17. The minimum atomic E-state index is -1.83. The highest BCUT2D eigenvalue weighted by Crippen LogP contribution is 2.38. The van der Waals surface area contributed by atoms with Crippen LogP contribution in [0.5, 0.6) is 0 Å². The van der Waals surface area contributed by atoms with Crippen molar-refractivity contribution < 1.29 is 19.7 Å². The number of pyridine rings is 2. The van der Waals surface area contributed by atoms with Crippen molar-refractivity contribution in [3.63, 3.8) is 0 Å². The number of aliphatic hydroxyl groups is 2. The summed E-state index contributed by atoms with van der Waals surface area (Å²) in [7, 11) is 0. The Morgan fingerprint density at radius 1 is 1.29 bits per heavy atom. The van der Waals surface area contributed by atoms with Gasteiger partial charge in [-0.1, -0.05) is 19.1 Å². The first-order valence-corrected chi connectivity index (χ1v) is 9.17. The van der Waals surface area contributed by atoms with Crippen LogP contribution in [0.1, 0.15) is 35.6 Å². The molecule has 3 aromatic rings. The third-order valence-electron chi connectivity index (χ3n) is 5.81. The molecular weight excluding hydrogens is 360 g/mol. The van der Waals surface area contributed by atoms with Crippen LogP contribution in [0.4, 0.5) is 0 Å². The molecular formula is C21H18N2O5. The molecule has 7 nitrogen and oxygen atoms in total. The van der Waals surface area contributed by atoms with Gasteiger partial charge in [-0.05, 0) is 30.2 Å². The van der Waals surface area contributed by atoms with Crippen molar-refractivity contribution in [1.82, 2.24) is 9.55 Å². The summed E-state index contributed by atoms with van der Waals surface area (Å²) in [6.45, 7) is 1.79. The zero-order valence-electron chi connectivity index (χ0n) is 15.2. The number of nitrogens with zero attached hydrogens (tertiary/aromatic N) is 2. The molecule has 0 unspecified atom stereocenters. The SMILES string of the molecule is CC[C@@]1(O)C(=O)OCc2c1cc1n(c2=O)Cc2cc3c(CO)cccc3nc2-1. The van der Waals surface area contributed by atoms with E-state index < -0.39 is 11.6 Å². The zero-order chi connectivity index (χ0) is 19.6. The van der Waals surface area contributed by atoms with Gasteiger partial charge in [-0.15, -0.1) is 0 Å². The lowest BCUT2D eigenvalue weighted by Crippen LogP contribution is -2.44. The highest BCUT2D eigenvalue weighted by Gasteiger charge is 2.45. The Bertz CT molecular complexity index is 1230. The Kier molecular flexibility index (Phi) is 3.50. The molecule has 4 heterocycles. The van der Waals surface area contributed by atoms with Crippen LogP contribution in [-0.2, 0) is 34.9 Å². The second-order valence-electron chi connectivity index (χ2n) is 7.24. The Hall–Kier alpha value is -3.03. The lowest BCUT2D eigenvalue weighted by Gasteiger charge is -2.31. The molecule has 0 saturated carbocycles. The molecule has 5 rings (SSSR count). The van der Waals surface area contributed by atoms with E-state index in [1.54, 1.807) is 17.6 Å². The van der Waals surface area contributed by atoms with Crippen molar-refractivity contribution in [2.24, 2.45) is 0 Å². The number of rotatable bonds is 2. The fourth-order valence-electron chi connectivity index (χ4n) is 4.20. The van der Waals surface area contributed by atoms with Gasteiger partial charge in [-0.2, -0.15) is 0 Å². The van der Waals surface area contributed by atoms with Crippen LogP contribution in [0.15, 0.2) is 35.1 Å². The summed E-state index contributed by atoms with van der Waals surface area (Å²) >= 11 is 0. The van der Waals surface area contributed by atoms with Crippen LogP contribution in [0.2, 0.25) is 0 Å². The average molecular weight is 378 g/mol. The van der Waals surface area contributed by atoms with E-state index in [9.17, 15) is 19.8 Å². The Morgan fingerprint density at radius 2 is 2.11 bits per heavy atom. The molecule has 0 spiro atoms. The van der Waals surface area contributed by atoms with E-state index in [2.05, 4.69) is 0 Å². The molecule has 2 aliphatic heterocycles. The standard InChI is InChI=1S/C21H18N2O5/c1-2-21(27)15-7-17-18-12(6-13-11(9-24)4-3-5-16(13)22-18)8-23(17)19(25)14(15)10-28-20(21)26/h3-7,24,27H,2,8-10H2,1H3/t21-/m0/s1. The number of carbonyl (C=O) groups excluding carboxylic acids is 1. The highest BCUT2D eigenvalue weighted by molar-refractivity contribution is 5.87. The highest BCUT2D eigenvalue weighted by atomic mass is 16.6.